The molecule has 1 heterocycles. The van der Waals surface area contributed by atoms with E-state index >= 15 is 0 Å². The lowest BCUT2D eigenvalue weighted by Gasteiger charge is -2.02. The second kappa shape index (κ2) is 3.46. The molecule has 0 unspecified atom stereocenters. The Labute approximate surface area is 80.7 Å². The van der Waals surface area contributed by atoms with Crippen LogP contribution in [0.4, 0.5) is 4.39 Å². The molecule has 2 nitrogen and oxygen atoms in total. The summed E-state index contributed by atoms with van der Waals surface area (Å²) in [5.74, 6) is -0.830. The fourth-order valence-electron chi connectivity index (χ4n) is 1.30. The van der Waals surface area contributed by atoms with Gasteiger partial charge in [-0.15, -0.1) is 0 Å². The van der Waals surface area contributed by atoms with Gasteiger partial charge in [0.15, 0.2) is 5.75 Å². The first-order valence-electron chi connectivity index (χ1n) is 4.15. The highest BCUT2D eigenvalue weighted by Gasteiger charge is 2.10. The van der Waals surface area contributed by atoms with Crippen LogP contribution in [0.15, 0.2) is 42.7 Å². The number of rotatable bonds is 1. The largest absolute Gasteiger partial charge is 0.289 e. The van der Waals surface area contributed by atoms with Crippen molar-refractivity contribution in [3.63, 3.8) is 0 Å². The van der Waals surface area contributed by atoms with E-state index in [1.54, 1.807) is 18.3 Å². The van der Waals surface area contributed by atoms with E-state index in [2.05, 4.69) is 4.98 Å². The Morgan fingerprint density at radius 1 is 1.14 bits per heavy atom. The van der Waals surface area contributed by atoms with E-state index < -0.39 is 5.82 Å². The summed E-state index contributed by atoms with van der Waals surface area (Å²) in [6, 6.07) is 7.33. The Balaban J connectivity index is 2.63. The van der Waals surface area contributed by atoms with Crippen molar-refractivity contribution in [3.8, 4) is 16.9 Å². The first-order valence-corrected chi connectivity index (χ1v) is 4.15. The molecule has 0 saturated carbocycles. The van der Waals surface area contributed by atoms with Crippen molar-refractivity contribution in [1.29, 1.82) is 0 Å². The minimum atomic E-state index is -0.509. The molecule has 2 aromatic rings. The smallest absolute Gasteiger partial charge is 0.189 e. The van der Waals surface area contributed by atoms with Crippen LogP contribution in [0.25, 0.3) is 11.1 Å². The molecule has 0 aliphatic heterocycles. The minimum Gasteiger partial charge on any atom is -0.289 e. The summed E-state index contributed by atoms with van der Waals surface area (Å²) in [6.45, 7) is 0. The lowest BCUT2D eigenvalue weighted by molar-refractivity contribution is 0.354. The van der Waals surface area contributed by atoms with Crippen molar-refractivity contribution in [3.05, 3.63) is 48.5 Å². The summed E-state index contributed by atoms with van der Waals surface area (Å²) < 4.78 is 13.3. The maximum atomic E-state index is 13.3. The molecule has 0 fully saturated rings. The predicted molar refractivity (Wildman–Crippen MR) is 49.8 cm³/mol. The maximum absolute atomic E-state index is 13.3. The Hall–Kier alpha value is -1.90. The van der Waals surface area contributed by atoms with Crippen LogP contribution < -0.4 is 0 Å². The molecule has 1 aromatic carbocycles. The second-order valence-electron chi connectivity index (χ2n) is 2.85. The third-order valence-electron chi connectivity index (χ3n) is 1.93. The summed E-state index contributed by atoms with van der Waals surface area (Å²) in [5.41, 5.74) is 0.594. The number of hydrogen-bond donors (Lipinski definition) is 0. The van der Waals surface area contributed by atoms with Gasteiger partial charge in [0.05, 0.1) is 5.56 Å². The molecule has 0 aliphatic carbocycles. The molecule has 3 heteroatoms. The van der Waals surface area contributed by atoms with Crippen molar-refractivity contribution < 1.29 is 9.50 Å². The molecular formula is C11H7FNO. The maximum Gasteiger partial charge on any atom is 0.189 e. The van der Waals surface area contributed by atoms with Gasteiger partial charge in [-0.25, -0.2) is 4.39 Å². The second-order valence-corrected chi connectivity index (χ2v) is 2.85. The molecule has 1 aromatic heterocycles. The van der Waals surface area contributed by atoms with Crippen molar-refractivity contribution >= 4 is 0 Å². The fourth-order valence-corrected chi connectivity index (χ4v) is 1.30. The van der Waals surface area contributed by atoms with E-state index in [0.717, 1.165) is 0 Å². The Bertz CT molecular complexity index is 422. The van der Waals surface area contributed by atoms with Gasteiger partial charge in [-0.1, -0.05) is 12.1 Å². The summed E-state index contributed by atoms with van der Waals surface area (Å²) in [5, 5.41) is 11.4. The highest BCUT2D eigenvalue weighted by molar-refractivity contribution is 5.69. The Morgan fingerprint density at radius 2 is 2.00 bits per heavy atom. The number of benzene rings is 1. The van der Waals surface area contributed by atoms with E-state index in [1.807, 2.05) is 0 Å². The quantitative estimate of drug-likeness (QED) is 0.677. The molecule has 69 valence electrons. The molecule has 0 aliphatic rings. The molecule has 0 atom stereocenters. The topological polar surface area (TPSA) is 32.8 Å². The summed E-state index contributed by atoms with van der Waals surface area (Å²) in [6.07, 6.45) is 3.05. The van der Waals surface area contributed by atoms with E-state index in [-0.39, 0.29) is 11.3 Å². The third-order valence-corrected chi connectivity index (χ3v) is 1.93. The predicted octanol–water partition coefficient (Wildman–Crippen LogP) is 3.03. The fraction of sp³-hybridized carbons (Fsp3) is 0. The molecule has 14 heavy (non-hydrogen) atoms. The van der Waals surface area contributed by atoms with Gasteiger partial charge in [-0.2, -0.15) is 0 Å². The Morgan fingerprint density at radius 3 is 2.64 bits per heavy atom. The lowest BCUT2D eigenvalue weighted by atomic mass is 10.1. The number of halogens is 1. The molecule has 1 radical (unpaired) electrons. The SMILES string of the molecule is [O]c1cccc(F)c1-c1cccnc1. The van der Waals surface area contributed by atoms with Crippen molar-refractivity contribution in [1.82, 2.24) is 4.98 Å². The van der Waals surface area contributed by atoms with Gasteiger partial charge in [0.2, 0.25) is 0 Å². The van der Waals surface area contributed by atoms with E-state index in [9.17, 15) is 9.50 Å². The van der Waals surface area contributed by atoms with Crippen LogP contribution >= 0.6 is 0 Å². The average molecular weight is 188 g/mol. The normalized spacial score (nSPS) is 10.1. The zero-order valence-corrected chi connectivity index (χ0v) is 7.27. The van der Waals surface area contributed by atoms with E-state index in [1.165, 1.54) is 24.4 Å². The highest BCUT2D eigenvalue weighted by Crippen LogP contribution is 2.31. The van der Waals surface area contributed by atoms with Gasteiger partial charge in [0.1, 0.15) is 5.82 Å². The van der Waals surface area contributed by atoms with Gasteiger partial charge < -0.3 is 0 Å². The summed E-state index contributed by atoms with van der Waals surface area (Å²) in [4.78, 5) is 3.84. The first-order chi connectivity index (χ1) is 6.79. The van der Waals surface area contributed by atoms with Crippen molar-refractivity contribution in [2.24, 2.45) is 0 Å². The van der Waals surface area contributed by atoms with Crippen LogP contribution in [0.2, 0.25) is 0 Å². The number of nitrogens with zero attached hydrogens (tertiary/aromatic N) is 1. The molecule has 0 bridgehead atoms. The Kier molecular flexibility index (Phi) is 2.14. The molecular weight excluding hydrogens is 181 g/mol. The van der Waals surface area contributed by atoms with Gasteiger partial charge in [0, 0.05) is 18.0 Å². The standard InChI is InChI=1S/C11H7FNO/c12-9-4-1-5-10(14)11(9)8-3-2-6-13-7-8/h1-7H. The highest BCUT2D eigenvalue weighted by atomic mass is 19.1. The van der Waals surface area contributed by atoms with E-state index in [4.69, 9.17) is 0 Å². The first kappa shape index (κ1) is 8.69. The molecule has 0 N–H and O–H groups in total. The average Bonchev–Trinajstić information content (AvgIpc) is 2.19. The van der Waals surface area contributed by atoms with Crippen LogP contribution in [-0.2, 0) is 5.11 Å². The van der Waals surface area contributed by atoms with Gasteiger partial charge in [-0.3, -0.25) is 10.1 Å². The zero-order chi connectivity index (χ0) is 9.97. The lowest BCUT2D eigenvalue weighted by Crippen LogP contribution is -1.84. The summed E-state index contributed by atoms with van der Waals surface area (Å²) in [7, 11) is 0. The van der Waals surface area contributed by atoms with Crippen molar-refractivity contribution in [2.75, 3.05) is 0 Å². The van der Waals surface area contributed by atoms with E-state index in [0.29, 0.717) is 5.56 Å². The van der Waals surface area contributed by atoms with Gasteiger partial charge in [0.25, 0.3) is 0 Å². The molecule has 0 spiro atoms. The van der Waals surface area contributed by atoms with Crippen LogP contribution in [0, 0.1) is 5.82 Å². The van der Waals surface area contributed by atoms with Crippen LogP contribution in [0.3, 0.4) is 0 Å². The monoisotopic (exact) mass is 188 g/mol. The van der Waals surface area contributed by atoms with Gasteiger partial charge >= 0.3 is 0 Å². The molecule has 2 rings (SSSR count). The van der Waals surface area contributed by atoms with Gasteiger partial charge in [-0.05, 0) is 18.2 Å². The number of aromatic nitrogens is 1. The van der Waals surface area contributed by atoms with Crippen LogP contribution in [0.5, 0.6) is 5.75 Å². The molecule has 0 saturated heterocycles. The number of hydrogen-bond acceptors (Lipinski definition) is 1. The van der Waals surface area contributed by atoms with Crippen LogP contribution in [-0.4, -0.2) is 4.98 Å². The van der Waals surface area contributed by atoms with Crippen LogP contribution in [0.1, 0.15) is 0 Å². The molecule has 0 amide bonds. The number of pyridine rings is 1. The van der Waals surface area contributed by atoms with Crippen molar-refractivity contribution in [2.45, 2.75) is 0 Å². The third kappa shape index (κ3) is 1.44. The zero-order valence-electron chi connectivity index (χ0n) is 7.27. The summed E-state index contributed by atoms with van der Waals surface area (Å²) >= 11 is 0. The minimum absolute atomic E-state index is 0.0839.